The van der Waals surface area contributed by atoms with Crippen molar-refractivity contribution in [1.29, 1.82) is 0 Å². The van der Waals surface area contributed by atoms with Crippen molar-refractivity contribution in [2.24, 2.45) is 0 Å². The van der Waals surface area contributed by atoms with Gasteiger partial charge in [0.2, 0.25) is 0 Å². The lowest BCUT2D eigenvalue weighted by Gasteiger charge is -2.14. The number of benzene rings is 2. The SMILES string of the molecule is [C-]#[N+]c1cccc(Oc2c(F)c(Cc3ccc(=O)[nH]n3)cc(C)c2Br)c1. The van der Waals surface area contributed by atoms with Crippen LogP contribution in [-0.2, 0) is 6.42 Å². The predicted octanol–water partition coefficient (Wildman–Crippen LogP) is 4.91. The van der Waals surface area contributed by atoms with Crippen LogP contribution in [0.3, 0.4) is 0 Å². The fourth-order valence-corrected chi connectivity index (χ4v) is 2.80. The molecule has 0 atom stereocenters. The maximum atomic E-state index is 15.0. The summed E-state index contributed by atoms with van der Waals surface area (Å²) in [5.74, 6) is -0.105. The molecule has 130 valence electrons. The quantitative estimate of drug-likeness (QED) is 0.617. The molecule has 1 heterocycles. The summed E-state index contributed by atoms with van der Waals surface area (Å²) in [5, 5.41) is 6.25. The van der Waals surface area contributed by atoms with Gasteiger partial charge in [-0.15, -0.1) is 0 Å². The summed E-state index contributed by atoms with van der Waals surface area (Å²) in [4.78, 5) is 14.5. The van der Waals surface area contributed by atoms with Gasteiger partial charge in [-0.05, 0) is 52.2 Å². The standard InChI is InChI=1S/C19H13BrFN3O2/c1-11-8-12(9-14-6-7-16(25)24-23-14)18(21)19(17(11)20)26-15-5-3-4-13(10-15)22-2/h3-8,10H,9H2,1H3,(H,24,25). The van der Waals surface area contributed by atoms with Crippen molar-refractivity contribution >= 4 is 21.6 Å². The minimum absolute atomic E-state index is 0.0477. The first kappa shape index (κ1) is 17.8. The molecule has 0 radical (unpaired) electrons. The van der Waals surface area contributed by atoms with Crippen LogP contribution >= 0.6 is 15.9 Å². The third-order valence-electron chi connectivity index (χ3n) is 3.69. The number of aromatic nitrogens is 2. The first-order chi connectivity index (χ1) is 12.5. The topological polar surface area (TPSA) is 59.3 Å². The van der Waals surface area contributed by atoms with Crippen molar-refractivity contribution in [2.75, 3.05) is 0 Å². The number of hydrogen-bond acceptors (Lipinski definition) is 3. The Morgan fingerprint density at radius 3 is 2.81 bits per heavy atom. The monoisotopic (exact) mass is 413 g/mol. The Morgan fingerprint density at radius 1 is 1.31 bits per heavy atom. The van der Waals surface area contributed by atoms with Gasteiger partial charge in [-0.3, -0.25) is 4.79 Å². The molecule has 0 aliphatic rings. The molecule has 2 aromatic carbocycles. The Kier molecular flexibility index (Phi) is 5.14. The van der Waals surface area contributed by atoms with E-state index in [2.05, 4.69) is 31.0 Å². The summed E-state index contributed by atoms with van der Waals surface area (Å²) in [6, 6.07) is 11.1. The van der Waals surface area contributed by atoms with Crippen molar-refractivity contribution in [2.45, 2.75) is 13.3 Å². The highest BCUT2D eigenvalue weighted by atomic mass is 79.9. The molecule has 0 unspecified atom stereocenters. The van der Waals surface area contributed by atoms with Gasteiger partial charge in [0, 0.05) is 12.5 Å². The van der Waals surface area contributed by atoms with Gasteiger partial charge in [0.25, 0.3) is 5.56 Å². The van der Waals surface area contributed by atoms with Crippen LogP contribution in [0.15, 0.2) is 51.7 Å². The van der Waals surface area contributed by atoms with Crippen LogP contribution < -0.4 is 10.3 Å². The molecule has 0 aliphatic heterocycles. The van der Waals surface area contributed by atoms with E-state index in [9.17, 15) is 4.79 Å². The number of aromatic amines is 1. The van der Waals surface area contributed by atoms with Crippen molar-refractivity contribution in [3.63, 3.8) is 0 Å². The van der Waals surface area contributed by atoms with Gasteiger partial charge in [0.05, 0.1) is 16.7 Å². The lowest BCUT2D eigenvalue weighted by Crippen LogP contribution is -2.08. The minimum atomic E-state index is -0.524. The highest BCUT2D eigenvalue weighted by molar-refractivity contribution is 9.10. The Bertz CT molecular complexity index is 1050. The van der Waals surface area contributed by atoms with Crippen LogP contribution in [0.4, 0.5) is 10.1 Å². The van der Waals surface area contributed by atoms with Gasteiger partial charge in [0.1, 0.15) is 5.75 Å². The Morgan fingerprint density at radius 2 is 2.12 bits per heavy atom. The van der Waals surface area contributed by atoms with E-state index in [1.54, 1.807) is 36.4 Å². The Labute approximate surface area is 157 Å². The van der Waals surface area contributed by atoms with Crippen molar-refractivity contribution in [3.8, 4) is 11.5 Å². The molecule has 0 saturated carbocycles. The third-order valence-corrected chi connectivity index (χ3v) is 4.68. The molecule has 3 aromatic rings. The van der Waals surface area contributed by atoms with Crippen molar-refractivity contribution in [1.82, 2.24) is 10.2 Å². The van der Waals surface area contributed by atoms with Crippen LogP contribution in [-0.4, -0.2) is 10.2 Å². The molecule has 0 spiro atoms. The maximum absolute atomic E-state index is 15.0. The molecular formula is C19H13BrFN3O2. The Balaban J connectivity index is 1.99. The number of halogens is 2. The molecular weight excluding hydrogens is 401 g/mol. The molecule has 26 heavy (non-hydrogen) atoms. The van der Waals surface area contributed by atoms with Gasteiger partial charge in [-0.1, -0.05) is 18.2 Å². The minimum Gasteiger partial charge on any atom is -0.454 e. The van der Waals surface area contributed by atoms with Gasteiger partial charge >= 0.3 is 0 Å². The molecule has 5 nitrogen and oxygen atoms in total. The number of ether oxygens (including phenoxy) is 1. The number of nitrogens with one attached hydrogen (secondary N) is 1. The van der Waals surface area contributed by atoms with E-state index in [-0.39, 0.29) is 17.7 Å². The second-order valence-electron chi connectivity index (χ2n) is 5.61. The summed E-state index contributed by atoms with van der Waals surface area (Å²) in [6.07, 6.45) is 0.204. The van der Waals surface area contributed by atoms with Crippen LogP contribution in [0.1, 0.15) is 16.8 Å². The maximum Gasteiger partial charge on any atom is 0.264 e. The van der Waals surface area contributed by atoms with E-state index in [0.29, 0.717) is 27.2 Å². The summed E-state index contributed by atoms with van der Waals surface area (Å²) < 4.78 is 21.2. The zero-order valence-electron chi connectivity index (χ0n) is 13.7. The van der Waals surface area contributed by atoms with E-state index in [4.69, 9.17) is 11.3 Å². The normalized spacial score (nSPS) is 10.4. The number of aryl methyl sites for hydroxylation is 1. The zero-order chi connectivity index (χ0) is 18.7. The second kappa shape index (κ2) is 7.50. The van der Waals surface area contributed by atoms with Crippen molar-refractivity contribution in [3.05, 3.63) is 91.3 Å². The molecule has 0 amide bonds. The van der Waals surface area contributed by atoms with E-state index in [0.717, 1.165) is 5.56 Å². The van der Waals surface area contributed by atoms with Gasteiger partial charge in [-0.25, -0.2) is 14.3 Å². The second-order valence-corrected chi connectivity index (χ2v) is 6.40. The summed E-state index contributed by atoms with van der Waals surface area (Å²) in [7, 11) is 0. The molecule has 1 aromatic heterocycles. The number of rotatable bonds is 4. The molecule has 0 saturated heterocycles. The number of nitrogens with zero attached hydrogens (tertiary/aromatic N) is 2. The Hall–Kier alpha value is -2.98. The fourth-order valence-electron chi connectivity index (χ4n) is 2.43. The van der Waals surface area contributed by atoms with Crippen LogP contribution in [0.2, 0.25) is 0 Å². The van der Waals surface area contributed by atoms with Gasteiger partial charge in [0.15, 0.2) is 17.3 Å². The smallest absolute Gasteiger partial charge is 0.264 e. The van der Waals surface area contributed by atoms with Crippen molar-refractivity contribution < 1.29 is 9.13 Å². The van der Waals surface area contributed by atoms with Crippen LogP contribution in [0, 0.1) is 19.3 Å². The van der Waals surface area contributed by atoms with Gasteiger partial charge < -0.3 is 4.74 Å². The molecule has 3 rings (SSSR count). The number of H-pyrrole nitrogens is 1. The molecule has 0 fully saturated rings. The average Bonchev–Trinajstić information content (AvgIpc) is 2.65. The molecule has 0 bridgehead atoms. The lowest BCUT2D eigenvalue weighted by atomic mass is 10.1. The van der Waals surface area contributed by atoms with Gasteiger partial charge in [-0.2, -0.15) is 5.10 Å². The molecule has 0 aliphatic carbocycles. The average molecular weight is 414 g/mol. The third kappa shape index (κ3) is 3.81. The predicted molar refractivity (Wildman–Crippen MR) is 99.3 cm³/mol. The first-order valence-corrected chi connectivity index (χ1v) is 8.44. The zero-order valence-corrected chi connectivity index (χ0v) is 15.3. The summed E-state index contributed by atoms with van der Waals surface area (Å²) in [5.41, 5.74) is 1.81. The summed E-state index contributed by atoms with van der Waals surface area (Å²) in [6.45, 7) is 8.90. The highest BCUT2D eigenvalue weighted by Crippen LogP contribution is 2.38. The molecule has 7 heteroatoms. The largest absolute Gasteiger partial charge is 0.454 e. The number of hydrogen-bond donors (Lipinski definition) is 1. The highest BCUT2D eigenvalue weighted by Gasteiger charge is 2.18. The van der Waals surface area contributed by atoms with Crippen LogP contribution in [0.5, 0.6) is 11.5 Å². The lowest BCUT2D eigenvalue weighted by molar-refractivity contribution is 0.435. The van der Waals surface area contributed by atoms with E-state index in [1.165, 1.54) is 6.07 Å². The van der Waals surface area contributed by atoms with Crippen LogP contribution in [0.25, 0.3) is 4.85 Å². The van der Waals surface area contributed by atoms with E-state index in [1.807, 2.05) is 6.92 Å². The van der Waals surface area contributed by atoms with E-state index >= 15 is 4.39 Å². The molecule has 1 N–H and O–H groups in total. The van der Waals surface area contributed by atoms with E-state index < -0.39 is 5.82 Å². The fraction of sp³-hybridized carbons (Fsp3) is 0.105. The summed E-state index contributed by atoms with van der Waals surface area (Å²) >= 11 is 3.36. The first-order valence-electron chi connectivity index (χ1n) is 7.65.